The number of carbonyl (C=O) groups is 2. The van der Waals surface area contributed by atoms with Gasteiger partial charge in [0.25, 0.3) is 0 Å². The molecule has 6 nitrogen and oxygen atoms in total. The number of carbonyl (C=O) groups excluding carboxylic acids is 2. The van der Waals surface area contributed by atoms with Gasteiger partial charge in [-0.15, -0.1) is 13.2 Å². The van der Waals surface area contributed by atoms with E-state index in [9.17, 15) is 22.8 Å². The molecule has 0 radical (unpaired) electrons. The molecule has 0 bridgehead atoms. The van der Waals surface area contributed by atoms with E-state index in [4.69, 9.17) is 4.74 Å². The van der Waals surface area contributed by atoms with E-state index >= 15 is 0 Å². The molecule has 9 heteroatoms. The summed E-state index contributed by atoms with van der Waals surface area (Å²) in [5.41, 5.74) is 2.21. The highest BCUT2D eigenvalue weighted by Gasteiger charge is 2.31. The lowest BCUT2D eigenvalue weighted by Crippen LogP contribution is -2.50. The molecule has 0 spiro atoms. The highest BCUT2D eigenvalue weighted by Crippen LogP contribution is 2.34. The summed E-state index contributed by atoms with van der Waals surface area (Å²) in [5.74, 6) is -0.248. The van der Waals surface area contributed by atoms with Crippen molar-refractivity contribution in [2.24, 2.45) is 5.92 Å². The third-order valence-electron chi connectivity index (χ3n) is 5.01. The van der Waals surface area contributed by atoms with Crippen LogP contribution in [0.3, 0.4) is 0 Å². The lowest BCUT2D eigenvalue weighted by Gasteiger charge is -2.22. The van der Waals surface area contributed by atoms with Crippen molar-refractivity contribution in [2.45, 2.75) is 45.7 Å². The second kappa shape index (κ2) is 9.50. The van der Waals surface area contributed by atoms with Crippen LogP contribution in [0.4, 0.5) is 13.2 Å². The van der Waals surface area contributed by atoms with Crippen LogP contribution in [0.2, 0.25) is 0 Å². The van der Waals surface area contributed by atoms with Gasteiger partial charge in [0.15, 0.2) is 0 Å². The van der Waals surface area contributed by atoms with E-state index in [0.717, 1.165) is 11.1 Å². The average molecular weight is 450 g/mol. The number of hydrogen-bond acceptors (Lipinski definition) is 4. The first kappa shape index (κ1) is 23.4. The van der Waals surface area contributed by atoms with Crippen LogP contribution < -0.4 is 20.1 Å². The van der Waals surface area contributed by atoms with Crippen LogP contribution in [0.5, 0.6) is 11.5 Å². The van der Waals surface area contributed by atoms with Crippen molar-refractivity contribution in [3.05, 3.63) is 48.0 Å². The molecule has 0 unspecified atom stereocenters. The van der Waals surface area contributed by atoms with Crippen LogP contribution in [0.25, 0.3) is 11.1 Å². The van der Waals surface area contributed by atoms with Crippen molar-refractivity contribution in [1.82, 2.24) is 10.6 Å². The number of benzene rings is 2. The predicted molar refractivity (Wildman–Crippen MR) is 112 cm³/mol. The lowest BCUT2D eigenvalue weighted by atomic mass is 10.0. The number of ether oxygens (including phenoxy) is 2. The number of hydrogen-bond donors (Lipinski definition) is 2. The van der Waals surface area contributed by atoms with E-state index in [-0.39, 0.29) is 36.1 Å². The quantitative estimate of drug-likeness (QED) is 0.672. The second-order valence-corrected chi connectivity index (χ2v) is 8.01. The van der Waals surface area contributed by atoms with Crippen molar-refractivity contribution in [3.63, 3.8) is 0 Å². The number of alkyl halides is 3. The van der Waals surface area contributed by atoms with Crippen molar-refractivity contribution < 1.29 is 32.2 Å². The van der Waals surface area contributed by atoms with Crippen LogP contribution in [-0.2, 0) is 16.0 Å². The van der Waals surface area contributed by atoms with Gasteiger partial charge in [-0.1, -0.05) is 32.0 Å². The minimum Gasteiger partial charge on any atom is -0.488 e. The Labute approximate surface area is 184 Å². The van der Waals surface area contributed by atoms with E-state index in [1.165, 1.54) is 25.1 Å². The largest absolute Gasteiger partial charge is 0.573 e. The Balaban J connectivity index is 1.64. The third-order valence-corrected chi connectivity index (χ3v) is 5.01. The third kappa shape index (κ3) is 6.15. The maximum absolute atomic E-state index is 12.5. The first-order valence-electron chi connectivity index (χ1n) is 10.2. The van der Waals surface area contributed by atoms with Gasteiger partial charge in [0.2, 0.25) is 11.8 Å². The number of fused-ring (bicyclic) bond motifs is 1. The molecular formula is C23H25F3N2O4. The number of rotatable bonds is 7. The maximum atomic E-state index is 12.5. The summed E-state index contributed by atoms with van der Waals surface area (Å²) in [5, 5.41) is 5.46. The van der Waals surface area contributed by atoms with Crippen LogP contribution in [0, 0.1) is 5.92 Å². The van der Waals surface area contributed by atoms with Crippen molar-refractivity contribution in [1.29, 1.82) is 0 Å². The van der Waals surface area contributed by atoms with E-state index in [1.807, 2.05) is 19.9 Å². The van der Waals surface area contributed by atoms with Gasteiger partial charge in [0.1, 0.15) is 23.6 Å². The molecule has 2 N–H and O–H groups in total. The molecule has 2 atom stereocenters. The molecule has 0 aromatic heterocycles. The molecule has 1 aliphatic rings. The molecule has 2 aromatic rings. The van der Waals surface area contributed by atoms with Crippen LogP contribution in [0.15, 0.2) is 42.5 Å². The highest BCUT2D eigenvalue weighted by molar-refractivity contribution is 5.87. The normalized spacial score (nSPS) is 16.2. The Kier molecular flexibility index (Phi) is 6.96. The molecule has 0 saturated carbocycles. The van der Waals surface area contributed by atoms with Gasteiger partial charge in [-0.05, 0) is 46.9 Å². The molecule has 3 rings (SSSR count). The fourth-order valence-electron chi connectivity index (χ4n) is 3.56. The van der Waals surface area contributed by atoms with Crippen molar-refractivity contribution in [2.75, 3.05) is 6.54 Å². The molecule has 0 saturated heterocycles. The Hall–Kier alpha value is -3.23. The highest BCUT2D eigenvalue weighted by atomic mass is 19.4. The van der Waals surface area contributed by atoms with Gasteiger partial charge in [-0.25, -0.2) is 0 Å². The lowest BCUT2D eigenvalue weighted by molar-refractivity contribution is -0.274. The zero-order chi connectivity index (χ0) is 23.5. The Morgan fingerprint density at radius 2 is 1.88 bits per heavy atom. The van der Waals surface area contributed by atoms with E-state index in [0.29, 0.717) is 17.7 Å². The smallest absolute Gasteiger partial charge is 0.488 e. The number of halogens is 3. The molecule has 1 heterocycles. The SMILES string of the molecule is CC(=O)N[C@H](C(=O)NC[C@H]1Cc2cc(-c3cccc(OC(F)(F)F)c3)ccc2O1)C(C)C. The molecule has 1 aliphatic heterocycles. The zero-order valence-corrected chi connectivity index (χ0v) is 18.0. The summed E-state index contributed by atoms with van der Waals surface area (Å²) in [6.07, 6.45) is -4.50. The zero-order valence-electron chi connectivity index (χ0n) is 18.0. The van der Waals surface area contributed by atoms with Gasteiger partial charge in [0.05, 0.1) is 6.54 Å². The molecule has 0 fully saturated rings. The van der Waals surface area contributed by atoms with Gasteiger partial charge in [0, 0.05) is 13.3 Å². The average Bonchev–Trinajstić information content (AvgIpc) is 3.11. The summed E-state index contributed by atoms with van der Waals surface area (Å²) in [6, 6.07) is 10.5. The van der Waals surface area contributed by atoms with Gasteiger partial charge in [-0.3, -0.25) is 9.59 Å². The summed E-state index contributed by atoms with van der Waals surface area (Å²) >= 11 is 0. The molecular weight excluding hydrogens is 425 g/mol. The summed E-state index contributed by atoms with van der Waals surface area (Å²) in [4.78, 5) is 23.8. The summed E-state index contributed by atoms with van der Waals surface area (Å²) in [6.45, 7) is 5.32. The minimum absolute atomic E-state index is 0.0692. The monoisotopic (exact) mass is 450 g/mol. The van der Waals surface area contributed by atoms with Crippen LogP contribution in [-0.4, -0.2) is 36.9 Å². The number of nitrogens with one attached hydrogen (secondary N) is 2. The molecule has 0 aliphatic carbocycles. The van der Waals surface area contributed by atoms with Gasteiger partial charge in [-0.2, -0.15) is 0 Å². The fourth-order valence-corrected chi connectivity index (χ4v) is 3.56. The Morgan fingerprint density at radius 1 is 1.16 bits per heavy atom. The standard InChI is InChI=1S/C23H25F3N2O4/c1-13(2)21(28-14(3)29)22(30)27-12-19-11-17-9-16(7-8-20(17)31-19)15-5-4-6-18(10-15)32-23(24,25)26/h4-10,13,19,21H,11-12H2,1-3H3,(H,27,30)(H,28,29)/t19-,21+/m1/s1. The van der Waals surface area contributed by atoms with Crippen molar-refractivity contribution >= 4 is 11.8 Å². The van der Waals surface area contributed by atoms with Crippen LogP contribution in [0.1, 0.15) is 26.3 Å². The molecule has 32 heavy (non-hydrogen) atoms. The molecule has 172 valence electrons. The van der Waals surface area contributed by atoms with Crippen molar-refractivity contribution in [3.8, 4) is 22.6 Å². The fraction of sp³-hybridized carbons (Fsp3) is 0.391. The first-order valence-corrected chi connectivity index (χ1v) is 10.2. The first-order chi connectivity index (χ1) is 15.0. The summed E-state index contributed by atoms with van der Waals surface area (Å²) < 4.78 is 47.4. The number of amides is 2. The summed E-state index contributed by atoms with van der Waals surface area (Å²) in [7, 11) is 0. The van der Waals surface area contributed by atoms with E-state index in [1.54, 1.807) is 18.2 Å². The topological polar surface area (TPSA) is 76.7 Å². The minimum atomic E-state index is -4.75. The Bertz CT molecular complexity index is 991. The maximum Gasteiger partial charge on any atom is 0.573 e. The van der Waals surface area contributed by atoms with E-state index < -0.39 is 12.4 Å². The molecule has 2 amide bonds. The predicted octanol–water partition coefficient (Wildman–Crippen LogP) is 3.83. The van der Waals surface area contributed by atoms with Crippen LogP contribution >= 0.6 is 0 Å². The Morgan fingerprint density at radius 3 is 2.53 bits per heavy atom. The van der Waals surface area contributed by atoms with E-state index in [2.05, 4.69) is 15.4 Å². The molecule has 2 aromatic carbocycles. The second-order valence-electron chi connectivity index (χ2n) is 8.01. The van der Waals surface area contributed by atoms with Gasteiger partial charge >= 0.3 is 6.36 Å². The van der Waals surface area contributed by atoms with Gasteiger partial charge < -0.3 is 20.1 Å².